The lowest BCUT2D eigenvalue weighted by atomic mass is 9.70. The summed E-state index contributed by atoms with van der Waals surface area (Å²) in [6.45, 7) is 0.255. The third-order valence-electron chi connectivity index (χ3n) is 7.48. The Balaban J connectivity index is 1.47. The molecule has 0 aromatic heterocycles. The van der Waals surface area contributed by atoms with Gasteiger partial charge in [-0.15, -0.1) is 0 Å². The van der Waals surface area contributed by atoms with Crippen molar-refractivity contribution in [1.82, 2.24) is 10.2 Å². The molecule has 0 amide bonds. The lowest BCUT2D eigenvalue weighted by Crippen LogP contribution is -2.44. The van der Waals surface area contributed by atoms with Gasteiger partial charge in [0.25, 0.3) is 0 Å². The number of carboxylic acids is 1. The molecule has 1 aliphatic heterocycles. The van der Waals surface area contributed by atoms with Crippen LogP contribution in [0.1, 0.15) is 43.2 Å². The highest BCUT2D eigenvalue weighted by Crippen LogP contribution is 2.44. The Morgan fingerprint density at radius 3 is 2.47 bits per heavy atom. The van der Waals surface area contributed by atoms with E-state index in [9.17, 15) is 13.6 Å². The molecule has 0 spiro atoms. The van der Waals surface area contributed by atoms with Crippen LogP contribution in [-0.2, 0) is 16.8 Å². The lowest BCUT2D eigenvalue weighted by molar-refractivity contribution is -0.139. The Labute approximate surface area is 204 Å². The van der Waals surface area contributed by atoms with E-state index in [2.05, 4.69) is 48.6 Å². The van der Waals surface area contributed by atoms with Crippen LogP contribution in [0.3, 0.4) is 0 Å². The molecule has 184 valence electrons. The van der Waals surface area contributed by atoms with Crippen LogP contribution in [0, 0.1) is 17.6 Å². The molecule has 0 bridgehead atoms. The van der Waals surface area contributed by atoms with Crippen molar-refractivity contribution in [3.05, 3.63) is 64.2 Å². The van der Waals surface area contributed by atoms with E-state index in [1.807, 2.05) is 6.07 Å². The number of hydrogen-bond donors (Lipinski definition) is 2. The van der Waals surface area contributed by atoms with Crippen LogP contribution >= 0.6 is 11.6 Å². The maximum absolute atomic E-state index is 14.6. The molecule has 1 aliphatic carbocycles. The van der Waals surface area contributed by atoms with Gasteiger partial charge in [0.2, 0.25) is 5.82 Å². The quantitative estimate of drug-likeness (QED) is 0.532. The number of ether oxygens (including phenoxy) is 1. The van der Waals surface area contributed by atoms with Crippen LogP contribution in [0.2, 0.25) is 5.02 Å². The summed E-state index contributed by atoms with van der Waals surface area (Å²) < 4.78 is 34.9. The first-order chi connectivity index (χ1) is 16.2. The smallest absolute Gasteiger partial charge is 0.320 e. The molecule has 1 heterocycles. The molecule has 0 unspecified atom stereocenters. The van der Waals surface area contributed by atoms with Crippen LogP contribution in [0.4, 0.5) is 8.78 Å². The highest BCUT2D eigenvalue weighted by Gasteiger charge is 2.39. The Morgan fingerprint density at radius 1 is 1.21 bits per heavy atom. The highest BCUT2D eigenvalue weighted by molar-refractivity contribution is 6.31. The van der Waals surface area contributed by atoms with Crippen molar-refractivity contribution >= 4 is 17.6 Å². The van der Waals surface area contributed by atoms with Crippen LogP contribution in [-0.4, -0.2) is 48.8 Å². The van der Waals surface area contributed by atoms with E-state index in [-0.39, 0.29) is 35.2 Å². The lowest BCUT2D eigenvalue weighted by Gasteiger charge is -2.45. The Hall–Kier alpha value is -2.22. The fourth-order valence-electron chi connectivity index (χ4n) is 5.44. The molecular weight excluding hydrogens is 462 g/mol. The van der Waals surface area contributed by atoms with E-state index < -0.39 is 29.7 Å². The molecule has 2 aliphatic rings. The third-order valence-corrected chi connectivity index (χ3v) is 7.89. The second-order valence-corrected chi connectivity index (χ2v) is 10.1. The Kier molecular flexibility index (Phi) is 7.45. The number of rotatable bonds is 7. The van der Waals surface area contributed by atoms with Crippen molar-refractivity contribution in [3.8, 4) is 5.75 Å². The van der Waals surface area contributed by atoms with Gasteiger partial charge in [-0.25, -0.2) is 4.39 Å². The SMILES string of the molecule is CN(C)C1(c2ccccc2)CCC(Cc2cc(O[C@@H]3CN[C@H](C(=O)O)C3)c(F)c(F)c2Cl)CC1. The number of aliphatic carboxylic acids is 1. The predicted octanol–water partition coefficient (Wildman–Crippen LogP) is 5.00. The molecule has 4 rings (SSSR count). The van der Waals surface area contributed by atoms with Gasteiger partial charge in [0.1, 0.15) is 12.1 Å². The zero-order valence-electron chi connectivity index (χ0n) is 19.5. The first-order valence-electron chi connectivity index (χ1n) is 11.7. The summed E-state index contributed by atoms with van der Waals surface area (Å²) in [6, 6.07) is 11.2. The highest BCUT2D eigenvalue weighted by atomic mass is 35.5. The van der Waals surface area contributed by atoms with E-state index in [0.29, 0.717) is 12.0 Å². The van der Waals surface area contributed by atoms with Crippen molar-refractivity contribution in [1.29, 1.82) is 0 Å². The Morgan fingerprint density at radius 2 is 1.88 bits per heavy atom. The van der Waals surface area contributed by atoms with Gasteiger partial charge < -0.3 is 15.2 Å². The Bertz CT molecular complexity index is 1030. The first kappa shape index (κ1) is 24.9. The zero-order valence-corrected chi connectivity index (χ0v) is 20.2. The normalized spacial score (nSPS) is 27.2. The van der Waals surface area contributed by atoms with E-state index in [4.69, 9.17) is 21.4 Å². The molecule has 2 aromatic carbocycles. The summed E-state index contributed by atoms with van der Waals surface area (Å²) in [6.07, 6.45) is 3.96. The molecule has 1 saturated heterocycles. The van der Waals surface area contributed by atoms with E-state index in [0.717, 1.165) is 25.7 Å². The number of nitrogens with zero attached hydrogens (tertiary/aromatic N) is 1. The zero-order chi connectivity index (χ0) is 24.5. The average Bonchev–Trinajstić information content (AvgIpc) is 3.31. The summed E-state index contributed by atoms with van der Waals surface area (Å²) >= 11 is 6.20. The maximum Gasteiger partial charge on any atom is 0.320 e. The van der Waals surface area contributed by atoms with E-state index in [1.165, 1.54) is 11.6 Å². The maximum atomic E-state index is 14.6. The predicted molar refractivity (Wildman–Crippen MR) is 127 cm³/mol. The minimum absolute atomic E-state index is 0.0416. The monoisotopic (exact) mass is 492 g/mol. The number of nitrogens with one attached hydrogen (secondary N) is 1. The van der Waals surface area contributed by atoms with Crippen molar-refractivity contribution in [2.75, 3.05) is 20.6 Å². The van der Waals surface area contributed by atoms with E-state index in [1.54, 1.807) is 0 Å². The number of carbonyl (C=O) groups is 1. The molecule has 2 N–H and O–H groups in total. The van der Waals surface area contributed by atoms with Gasteiger partial charge in [-0.2, -0.15) is 4.39 Å². The minimum atomic E-state index is -1.13. The first-order valence-corrected chi connectivity index (χ1v) is 12.1. The van der Waals surface area contributed by atoms with Gasteiger partial charge in [-0.3, -0.25) is 9.69 Å². The molecule has 2 aromatic rings. The molecule has 1 saturated carbocycles. The van der Waals surface area contributed by atoms with Crippen molar-refractivity contribution < 1.29 is 23.4 Å². The van der Waals surface area contributed by atoms with E-state index >= 15 is 0 Å². The number of halogens is 3. The number of carboxylic acid groups (broad SMARTS) is 1. The van der Waals surface area contributed by atoms with Crippen LogP contribution in [0.25, 0.3) is 0 Å². The third kappa shape index (κ3) is 4.92. The standard InChI is InChI=1S/C26H31ClF2N2O3/c1-31(2)26(18-6-4-3-5-7-18)10-8-16(9-11-26)12-17-13-21(23(28)24(29)22(17)27)34-19-14-20(25(32)33)30-15-19/h3-7,13,16,19-20,30H,8-12,14-15H2,1-2H3,(H,32,33)/t16?,19-,20-,26?/m0/s1. The van der Waals surface area contributed by atoms with Gasteiger partial charge >= 0.3 is 5.97 Å². The minimum Gasteiger partial charge on any atom is -0.486 e. The number of benzene rings is 2. The van der Waals surface area contributed by atoms with Crippen LogP contribution < -0.4 is 10.1 Å². The topological polar surface area (TPSA) is 61.8 Å². The molecule has 2 atom stereocenters. The second kappa shape index (κ2) is 10.2. The van der Waals surface area contributed by atoms with Gasteiger partial charge in [0.15, 0.2) is 11.6 Å². The molecule has 0 radical (unpaired) electrons. The largest absolute Gasteiger partial charge is 0.486 e. The van der Waals surface area contributed by atoms with Crippen molar-refractivity contribution in [2.24, 2.45) is 5.92 Å². The van der Waals surface area contributed by atoms with Gasteiger partial charge in [0.05, 0.1) is 5.02 Å². The summed E-state index contributed by atoms with van der Waals surface area (Å²) in [5, 5.41) is 11.7. The van der Waals surface area contributed by atoms with Gasteiger partial charge in [-0.1, -0.05) is 41.9 Å². The van der Waals surface area contributed by atoms with Gasteiger partial charge in [-0.05, 0) is 69.3 Å². The summed E-state index contributed by atoms with van der Waals surface area (Å²) in [4.78, 5) is 13.4. The summed E-state index contributed by atoms with van der Waals surface area (Å²) in [5.74, 6) is -3.16. The summed E-state index contributed by atoms with van der Waals surface area (Å²) in [7, 11) is 4.21. The molecule has 5 nitrogen and oxygen atoms in total. The second-order valence-electron chi connectivity index (χ2n) is 9.69. The van der Waals surface area contributed by atoms with Crippen LogP contribution in [0.5, 0.6) is 5.75 Å². The van der Waals surface area contributed by atoms with Crippen molar-refractivity contribution in [2.45, 2.75) is 56.2 Å². The molecule has 8 heteroatoms. The fourth-order valence-corrected chi connectivity index (χ4v) is 5.65. The molecule has 2 fully saturated rings. The summed E-state index contributed by atoms with van der Waals surface area (Å²) in [5.41, 5.74) is 1.78. The van der Waals surface area contributed by atoms with Crippen molar-refractivity contribution in [3.63, 3.8) is 0 Å². The molecule has 34 heavy (non-hydrogen) atoms. The number of hydrogen-bond acceptors (Lipinski definition) is 4. The molecular formula is C26H31ClF2N2O3. The average molecular weight is 493 g/mol. The van der Waals surface area contributed by atoms with Gasteiger partial charge in [0, 0.05) is 18.5 Å². The van der Waals surface area contributed by atoms with Crippen LogP contribution in [0.15, 0.2) is 36.4 Å². The fraction of sp³-hybridized carbons (Fsp3) is 0.500.